The fourth-order valence-corrected chi connectivity index (χ4v) is 2.80. The first-order valence-electron chi connectivity index (χ1n) is 8.34. The molecular formula is C19H26N2O2. The molecule has 0 unspecified atom stereocenters. The fourth-order valence-electron chi connectivity index (χ4n) is 2.80. The molecule has 124 valence electrons. The van der Waals surface area contributed by atoms with E-state index in [2.05, 4.69) is 30.7 Å². The Bertz CT molecular complexity index is 690. The van der Waals surface area contributed by atoms with Gasteiger partial charge >= 0.3 is 0 Å². The highest BCUT2D eigenvalue weighted by atomic mass is 16.3. The van der Waals surface area contributed by atoms with Crippen LogP contribution in [0.2, 0.25) is 0 Å². The largest absolute Gasteiger partial charge is 0.507 e. The number of H-pyrrole nitrogens is 1. The number of hydrogen-bond acceptors (Lipinski definition) is 3. The SMILES string of the molecule is CCCCCCC(C)(C)c1cc(O)c(-c2ccccn2)c(=O)[nH]1. The molecule has 0 amide bonds. The lowest BCUT2D eigenvalue weighted by molar-refractivity contribution is 0.426. The van der Waals surface area contributed by atoms with Crippen LogP contribution < -0.4 is 5.56 Å². The molecule has 0 aliphatic heterocycles. The molecule has 2 heterocycles. The molecule has 0 saturated carbocycles. The van der Waals surface area contributed by atoms with Gasteiger partial charge in [-0.2, -0.15) is 0 Å². The topological polar surface area (TPSA) is 66.0 Å². The van der Waals surface area contributed by atoms with Crippen molar-refractivity contribution in [3.05, 3.63) is 46.5 Å². The summed E-state index contributed by atoms with van der Waals surface area (Å²) in [6, 6.07) is 6.97. The number of unbranched alkanes of at least 4 members (excludes halogenated alkanes) is 3. The van der Waals surface area contributed by atoms with Crippen LogP contribution in [0.15, 0.2) is 35.3 Å². The Morgan fingerprint density at radius 1 is 1.22 bits per heavy atom. The Labute approximate surface area is 137 Å². The maximum Gasteiger partial charge on any atom is 0.261 e. The molecule has 2 aromatic rings. The standard InChI is InChI=1S/C19H26N2O2/c1-4-5-6-8-11-19(2,3)16-13-15(22)17(18(23)21-16)14-10-7-9-12-20-14/h7,9-10,12-13H,4-6,8,11H2,1-3H3,(H2,21,22,23). The average molecular weight is 314 g/mol. The van der Waals surface area contributed by atoms with Crippen LogP contribution in [0.4, 0.5) is 0 Å². The maximum absolute atomic E-state index is 12.4. The van der Waals surface area contributed by atoms with Gasteiger partial charge < -0.3 is 10.1 Å². The Morgan fingerprint density at radius 2 is 2.00 bits per heavy atom. The van der Waals surface area contributed by atoms with Gasteiger partial charge in [-0.05, 0) is 18.6 Å². The maximum atomic E-state index is 12.4. The van der Waals surface area contributed by atoms with Crippen LogP contribution in [0.5, 0.6) is 5.75 Å². The predicted octanol–water partition coefficient (Wildman–Crippen LogP) is 4.39. The lowest BCUT2D eigenvalue weighted by atomic mass is 9.83. The van der Waals surface area contributed by atoms with Crippen molar-refractivity contribution in [3.8, 4) is 17.0 Å². The quantitative estimate of drug-likeness (QED) is 0.745. The van der Waals surface area contributed by atoms with Gasteiger partial charge in [0.25, 0.3) is 5.56 Å². The van der Waals surface area contributed by atoms with E-state index in [1.54, 1.807) is 30.5 Å². The molecule has 23 heavy (non-hydrogen) atoms. The van der Waals surface area contributed by atoms with Gasteiger partial charge in [0, 0.05) is 23.4 Å². The summed E-state index contributed by atoms with van der Waals surface area (Å²) in [6.07, 6.45) is 7.34. The Hall–Kier alpha value is -2.10. The number of aromatic amines is 1. The number of aromatic hydroxyl groups is 1. The molecular weight excluding hydrogens is 288 g/mol. The number of rotatable bonds is 7. The van der Waals surface area contributed by atoms with Gasteiger partial charge in [0.05, 0.1) is 5.69 Å². The fraction of sp³-hybridized carbons (Fsp3) is 0.474. The van der Waals surface area contributed by atoms with E-state index in [9.17, 15) is 9.90 Å². The van der Waals surface area contributed by atoms with Crippen LogP contribution in [0.25, 0.3) is 11.3 Å². The van der Waals surface area contributed by atoms with E-state index in [4.69, 9.17) is 0 Å². The van der Waals surface area contributed by atoms with Crippen LogP contribution in [0.1, 0.15) is 58.6 Å². The average Bonchev–Trinajstić information content (AvgIpc) is 2.52. The molecule has 2 aromatic heterocycles. The zero-order valence-corrected chi connectivity index (χ0v) is 14.2. The Kier molecular flexibility index (Phi) is 5.59. The zero-order chi connectivity index (χ0) is 16.9. The van der Waals surface area contributed by atoms with E-state index in [0.717, 1.165) is 18.5 Å². The highest BCUT2D eigenvalue weighted by molar-refractivity contribution is 5.65. The third kappa shape index (κ3) is 4.21. The number of nitrogens with one attached hydrogen (secondary N) is 1. The molecule has 0 radical (unpaired) electrons. The highest BCUT2D eigenvalue weighted by Gasteiger charge is 2.24. The summed E-state index contributed by atoms with van der Waals surface area (Å²) < 4.78 is 0. The molecule has 2 rings (SSSR count). The lowest BCUT2D eigenvalue weighted by Crippen LogP contribution is -2.23. The van der Waals surface area contributed by atoms with Crippen LogP contribution in [0, 0.1) is 0 Å². The van der Waals surface area contributed by atoms with Crippen LogP contribution in [0.3, 0.4) is 0 Å². The normalized spacial score (nSPS) is 11.6. The van der Waals surface area contributed by atoms with Gasteiger partial charge in [-0.3, -0.25) is 9.78 Å². The Balaban J connectivity index is 2.27. The van der Waals surface area contributed by atoms with Gasteiger partial charge in [-0.15, -0.1) is 0 Å². The van der Waals surface area contributed by atoms with E-state index in [0.29, 0.717) is 5.69 Å². The van der Waals surface area contributed by atoms with Gasteiger partial charge in [-0.1, -0.05) is 52.5 Å². The van der Waals surface area contributed by atoms with Crippen molar-refractivity contribution in [2.24, 2.45) is 0 Å². The smallest absolute Gasteiger partial charge is 0.261 e. The summed E-state index contributed by atoms with van der Waals surface area (Å²) in [5, 5.41) is 10.3. The predicted molar refractivity (Wildman–Crippen MR) is 93.7 cm³/mol. The molecule has 4 heteroatoms. The van der Waals surface area contributed by atoms with Crippen molar-refractivity contribution in [3.63, 3.8) is 0 Å². The summed E-state index contributed by atoms with van der Waals surface area (Å²) in [5.41, 5.74) is 1.03. The first-order valence-corrected chi connectivity index (χ1v) is 8.34. The van der Waals surface area contributed by atoms with Crippen molar-refractivity contribution >= 4 is 0 Å². The molecule has 2 N–H and O–H groups in total. The third-order valence-electron chi connectivity index (χ3n) is 4.32. The Morgan fingerprint density at radius 3 is 2.61 bits per heavy atom. The molecule has 4 nitrogen and oxygen atoms in total. The van der Waals surface area contributed by atoms with E-state index < -0.39 is 0 Å². The number of aromatic nitrogens is 2. The van der Waals surface area contributed by atoms with Crippen molar-refractivity contribution in [1.29, 1.82) is 0 Å². The highest BCUT2D eigenvalue weighted by Crippen LogP contribution is 2.32. The van der Waals surface area contributed by atoms with Crippen molar-refractivity contribution in [2.75, 3.05) is 0 Å². The summed E-state index contributed by atoms with van der Waals surface area (Å²) in [6.45, 7) is 6.39. The lowest BCUT2D eigenvalue weighted by Gasteiger charge is -2.25. The van der Waals surface area contributed by atoms with E-state index in [-0.39, 0.29) is 22.3 Å². The molecule has 0 aromatic carbocycles. The zero-order valence-electron chi connectivity index (χ0n) is 14.2. The van der Waals surface area contributed by atoms with Crippen molar-refractivity contribution in [1.82, 2.24) is 9.97 Å². The number of hydrogen-bond donors (Lipinski definition) is 2. The monoisotopic (exact) mass is 314 g/mol. The number of pyridine rings is 2. The van der Waals surface area contributed by atoms with Crippen molar-refractivity contribution in [2.45, 2.75) is 58.3 Å². The van der Waals surface area contributed by atoms with E-state index >= 15 is 0 Å². The minimum Gasteiger partial charge on any atom is -0.507 e. The van der Waals surface area contributed by atoms with E-state index in [1.807, 2.05) is 0 Å². The van der Waals surface area contributed by atoms with Crippen LogP contribution >= 0.6 is 0 Å². The number of nitrogens with zero attached hydrogens (tertiary/aromatic N) is 1. The molecule has 0 aliphatic rings. The molecule has 0 aliphatic carbocycles. The molecule has 0 atom stereocenters. The van der Waals surface area contributed by atoms with Crippen LogP contribution in [-0.2, 0) is 5.41 Å². The minimum absolute atomic E-state index is 0.0101. The first kappa shape index (κ1) is 17.3. The second-order valence-corrected chi connectivity index (χ2v) is 6.68. The minimum atomic E-state index is -0.291. The van der Waals surface area contributed by atoms with E-state index in [1.165, 1.54) is 19.3 Å². The van der Waals surface area contributed by atoms with Crippen molar-refractivity contribution < 1.29 is 5.11 Å². The van der Waals surface area contributed by atoms with Gasteiger partial charge in [0.1, 0.15) is 11.3 Å². The summed E-state index contributed by atoms with van der Waals surface area (Å²) >= 11 is 0. The molecule has 0 fully saturated rings. The second kappa shape index (κ2) is 7.44. The summed E-state index contributed by atoms with van der Waals surface area (Å²) in [5.74, 6) is -0.0101. The summed E-state index contributed by atoms with van der Waals surface area (Å²) in [7, 11) is 0. The van der Waals surface area contributed by atoms with Gasteiger partial charge in [-0.25, -0.2) is 0 Å². The third-order valence-corrected chi connectivity index (χ3v) is 4.32. The second-order valence-electron chi connectivity index (χ2n) is 6.68. The summed E-state index contributed by atoms with van der Waals surface area (Å²) in [4.78, 5) is 19.5. The van der Waals surface area contributed by atoms with Crippen LogP contribution in [-0.4, -0.2) is 15.1 Å². The van der Waals surface area contributed by atoms with Gasteiger partial charge in [0.2, 0.25) is 0 Å². The first-order chi connectivity index (χ1) is 11.0. The molecule has 0 bridgehead atoms. The molecule has 0 saturated heterocycles. The van der Waals surface area contributed by atoms with Gasteiger partial charge in [0.15, 0.2) is 0 Å². The molecule has 0 spiro atoms.